The van der Waals surface area contributed by atoms with Crippen molar-refractivity contribution in [2.45, 2.75) is 5.50 Å². The van der Waals surface area contributed by atoms with Crippen molar-refractivity contribution in [3.63, 3.8) is 0 Å². The van der Waals surface area contributed by atoms with Crippen LogP contribution in [0.25, 0.3) is 0 Å². The molecule has 0 aromatic carbocycles. The number of nitrogens with zero attached hydrogens (tertiary/aromatic N) is 1. The lowest BCUT2D eigenvalue weighted by molar-refractivity contribution is 1.08. The zero-order chi connectivity index (χ0) is 4.41. The molecule has 1 heterocycles. The molecule has 0 saturated carbocycles. The highest BCUT2D eigenvalue weighted by Crippen LogP contribution is 2.13. The second kappa shape index (κ2) is 1.85. The van der Waals surface area contributed by atoms with E-state index >= 15 is 0 Å². The van der Waals surface area contributed by atoms with Crippen LogP contribution in [0.15, 0.2) is 4.99 Å². The van der Waals surface area contributed by atoms with Gasteiger partial charge in [0.25, 0.3) is 0 Å². The van der Waals surface area contributed by atoms with Crippen LogP contribution in [0.3, 0.4) is 0 Å². The third kappa shape index (κ3) is 0.884. The van der Waals surface area contributed by atoms with Gasteiger partial charge in [0.15, 0.2) is 0 Å². The largest absolute Gasteiger partial charge is 0.266 e. The SMILES string of the molecule is ClC1CSC=N1. The fourth-order valence-electron chi connectivity index (χ4n) is 0.275. The molecular formula is C3H4ClNS. The molecule has 0 radical (unpaired) electrons. The molecule has 0 bridgehead atoms. The van der Waals surface area contributed by atoms with E-state index in [2.05, 4.69) is 4.99 Å². The fourth-order valence-corrected chi connectivity index (χ4v) is 1.18. The van der Waals surface area contributed by atoms with Gasteiger partial charge in [0.2, 0.25) is 0 Å². The molecule has 0 amide bonds. The van der Waals surface area contributed by atoms with Crippen molar-refractivity contribution in [1.29, 1.82) is 0 Å². The van der Waals surface area contributed by atoms with Crippen LogP contribution in [0, 0.1) is 0 Å². The third-order valence-corrected chi connectivity index (χ3v) is 1.76. The Balaban J connectivity index is 2.38. The fraction of sp³-hybridized carbons (Fsp3) is 0.667. The van der Waals surface area contributed by atoms with Gasteiger partial charge in [-0.15, -0.1) is 11.8 Å². The van der Waals surface area contributed by atoms with E-state index in [1.165, 1.54) is 0 Å². The van der Waals surface area contributed by atoms with Crippen LogP contribution in [0.5, 0.6) is 0 Å². The van der Waals surface area contributed by atoms with Gasteiger partial charge >= 0.3 is 0 Å². The Labute approximate surface area is 45.8 Å². The van der Waals surface area contributed by atoms with Gasteiger partial charge < -0.3 is 0 Å². The van der Waals surface area contributed by atoms with E-state index < -0.39 is 0 Å². The summed E-state index contributed by atoms with van der Waals surface area (Å²) in [5, 5.41) is 0. The number of hydrogen-bond acceptors (Lipinski definition) is 2. The molecule has 1 nitrogen and oxygen atoms in total. The lowest BCUT2D eigenvalue weighted by Gasteiger charge is -1.84. The lowest BCUT2D eigenvalue weighted by Crippen LogP contribution is -1.87. The summed E-state index contributed by atoms with van der Waals surface area (Å²) in [4.78, 5) is 3.84. The highest BCUT2D eigenvalue weighted by molar-refractivity contribution is 8.12. The summed E-state index contributed by atoms with van der Waals surface area (Å²) in [6.45, 7) is 0. The Bertz CT molecular complexity index is 73.2. The summed E-state index contributed by atoms with van der Waals surface area (Å²) in [5.74, 6) is 0.946. The second-order valence-electron chi connectivity index (χ2n) is 1.02. The Morgan fingerprint density at radius 3 is 3.00 bits per heavy atom. The maximum absolute atomic E-state index is 5.49. The first-order valence-electron chi connectivity index (χ1n) is 1.67. The van der Waals surface area contributed by atoms with E-state index in [0.717, 1.165) is 5.75 Å². The number of hydrogen-bond donors (Lipinski definition) is 0. The van der Waals surface area contributed by atoms with Crippen molar-refractivity contribution >= 4 is 28.9 Å². The molecule has 6 heavy (non-hydrogen) atoms. The Hall–Kier alpha value is 0.310. The standard InChI is InChI=1S/C3H4ClNS/c4-3-1-6-2-5-3/h2-3H,1H2. The molecule has 1 rings (SSSR count). The molecule has 0 saturated heterocycles. The van der Waals surface area contributed by atoms with Crippen molar-refractivity contribution in [1.82, 2.24) is 0 Å². The average molecular weight is 122 g/mol. The van der Waals surface area contributed by atoms with Gasteiger partial charge in [-0.1, -0.05) is 11.6 Å². The van der Waals surface area contributed by atoms with Gasteiger partial charge in [-0.25, -0.2) is 0 Å². The van der Waals surface area contributed by atoms with E-state index in [0.29, 0.717) is 0 Å². The molecular weight excluding hydrogens is 118 g/mol. The molecule has 1 aliphatic heterocycles. The van der Waals surface area contributed by atoms with Crippen LogP contribution in [0.1, 0.15) is 0 Å². The molecule has 0 fully saturated rings. The molecule has 3 heteroatoms. The Kier molecular flexibility index (Phi) is 1.37. The number of alkyl halides is 1. The van der Waals surface area contributed by atoms with Crippen molar-refractivity contribution in [3.05, 3.63) is 0 Å². The highest BCUT2D eigenvalue weighted by atomic mass is 35.5. The smallest absolute Gasteiger partial charge is 0.133 e. The molecule has 1 atom stereocenters. The normalized spacial score (nSPS) is 31.8. The minimum atomic E-state index is 0.0509. The van der Waals surface area contributed by atoms with Gasteiger partial charge in [0.05, 0.1) is 5.55 Å². The van der Waals surface area contributed by atoms with Crippen molar-refractivity contribution in [2.24, 2.45) is 4.99 Å². The minimum Gasteiger partial charge on any atom is -0.266 e. The van der Waals surface area contributed by atoms with Gasteiger partial charge in [-0.05, 0) is 0 Å². The molecule has 34 valence electrons. The maximum Gasteiger partial charge on any atom is 0.133 e. The quantitative estimate of drug-likeness (QED) is 0.348. The highest BCUT2D eigenvalue weighted by Gasteiger charge is 2.03. The maximum atomic E-state index is 5.49. The zero-order valence-corrected chi connectivity index (χ0v) is 4.67. The lowest BCUT2D eigenvalue weighted by atomic mass is 10.8. The Morgan fingerprint density at radius 1 is 2.00 bits per heavy atom. The van der Waals surface area contributed by atoms with Crippen LogP contribution in [-0.2, 0) is 0 Å². The topological polar surface area (TPSA) is 12.4 Å². The molecule has 1 aliphatic rings. The van der Waals surface area contributed by atoms with Crippen molar-refractivity contribution in [3.8, 4) is 0 Å². The van der Waals surface area contributed by atoms with Gasteiger partial charge in [-0.3, -0.25) is 4.99 Å². The number of thioether (sulfide) groups is 1. The minimum absolute atomic E-state index is 0.0509. The van der Waals surface area contributed by atoms with E-state index in [9.17, 15) is 0 Å². The summed E-state index contributed by atoms with van der Waals surface area (Å²) in [7, 11) is 0. The van der Waals surface area contributed by atoms with E-state index in [1.807, 2.05) is 0 Å². The summed E-state index contributed by atoms with van der Waals surface area (Å²) in [6, 6.07) is 0. The summed E-state index contributed by atoms with van der Waals surface area (Å²) in [5.41, 5.74) is 1.84. The average Bonchev–Trinajstić information content (AvgIpc) is 1.86. The summed E-state index contributed by atoms with van der Waals surface area (Å²) in [6.07, 6.45) is 0. The number of halogens is 1. The number of aliphatic imine (C=N–C) groups is 1. The van der Waals surface area contributed by atoms with E-state index in [4.69, 9.17) is 11.6 Å². The van der Waals surface area contributed by atoms with Crippen LogP contribution < -0.4 is 0 Å². The second-order valence-corrected chi connectivity index (χ2v) is 2.40. The van der Waals surface area contributed by atoms with Crippen molar-refractivity contribution in [2.75, 3.05) is 5.75 Å². The Morgan fingerprint density at radius 2 is 2.83 bits per heavy atom. The van der Waals surface area contributed by atoms with E-state index in [1.54, 1.807) is 17.3 Å². The van der Waals surface area contributed by atoms with Gasteiger partial charge in [0, 0.05) is 5.75 Å². The first-order chi connectivity index (χ1) is 2.89. The monoisotopic (exact) mass is 121 g/mol. The van der Waals surface area contributed by atoms with Crippen LogP contribution in [0.2, 0.25) is 0 Å². The van der Waals surface area contributed by atoms with Crippen molar-refractivity contribution < 1.29 is 0 Å². The van der Waals surface area contributed by atoms with Gasteiger partial charge in [-0.2, -0.15) is 0 Å². The van der Waals surface area contributed by atoms with Crippen LogP contribution in [-0.4, -0.2) is 16.8 Å². The van der Waals surface area contributed by atoms with Crippen LogP contribution >= 0.6 is 23.4 Å². The first kappa shape index (κ1) is 4.47. The summed E-state index contributed by atoms with van der Waals surface area (Å²) >= 11 is 7.15. The van der Waals surface area contributed by atoms with Crippen LogP contribution in [0.4, 0.5) is 0 Å². The molecule has 1 unspecified atom stereocenters. The predicted octanol–water partition coefficient (Wildman–Crippen LogP) is 1.33. The molecule has 0 N–H and O–H groups in total. The predicted molar refractivity (Wildman–Crippen MR) is 30.6 cm³/mol. The molecule has 0 aromatic rings. The molecule has 0 aromatic heterocycles. The van der Waals surface area contributed by atoms with Gasteiger partial charge in [0.1, 0.15) is 5.50 Å². The van der Waals surface area contributed by atoms with E-state index in [-0.39, 0.29) is 5.50 Å². The summed E-state index contributed by atoms with van der Waals surface area (Å²) < 4.78 is 0. The first-order valence-corrected chi connectivity index (χ1v) is 3.15. The third-order valence-electron chi connectivity index (χ3n) is 0.531. The molecule has 0 aliphatic carbocycles. The number of rotatable bonds is 0. The zero-order valence-electron chi connectivity index (χ0n) is 3.10. The molecule has 0 spiro atoms.